The van der Waals surface area contributed by atoms with Crippen LogP contribution in [0, 0.1) is 5.92 Å². The second-order valence-electron chi connectivity index (χ2n) is 9.01. The second kappa shape index (κ2) is 15.1. The molecule has 0 radical (unpaired) electrons. The Hall–Kier alpha value is -0.720. The first-order chi connectivity index (χ1) is 13.4. The molecule has 0 aliphatic rings. The standard InChI is InChI=1S/C21H43N2O5P/c1-7-8-9-10-11-12-13-14-21(24)22-20(17-19(2)3)18-28-29(25,26)27-16-15-23(4,5)6/h11-12,19-20H,7-10,13-18H2,1-6H3,(H-,22,24,25,26)/p+1/b12-11-/t20-/m1/s1. The van der Waals surface area contributed by atoms with Crippen LogP contribution in [0.15, 0.2) is 12.2 Å². The molecule has 7 nitrogen and oxygen atoms in total. The Balaban J connectivity index is 4.36. The average molecular weight is 436 g/mol. The Kier molecular flexibility index (Phi) is 14.8. The van der Waals surface area contributed by atoms with E-state index >= 15 is 0 Å². The van der Waals surface area contributed by atoms with Gasteiger partial charge in [0.1, 0.15) is 13.2 Å². The molecule has 0 aliphatic heterocycles. The molecule has 0 rings (SSSR count). The van der Waals surface area contributed by atoms with Crippen molar-refractivity contribution in [2.75, 3.05) is 40.9 Å². The van der Waals surface area contributed by atoms with Crippen molar-refractivity contribution in [1.82, 2.24) is 5.32 Å². The normalized spacial score (nSPS) is 15.6. The zero-order valence-corrected chi connectivity index (χ0v) is 20.2. The van der Waals surface area contributed by atoms with Gasteiger partial charge >= 0.3 is 7.82 Å². The molecule has 0 aromatic heterocycles. The highest BCUT2D eigenvalue weighted by atomic mass is 31.2. The van der Waals surface area contributed by atoms with Crippen LogP contribution in [-0.2, 0) is 18.4 Å². The third kappa shape index (κ3) is 19.0. The van der Waals surface area contributed by atoms with E-state index in [-0.39, 0.29) is 25.2 Å². The topological polar surface area (TPSA) is 84.9 Å². The number of hydrogen-bond acceptors (Lipinski definition) is 4. The first-order valence-electron chi connectivity index (χ1n) is 10.8. The summed E-state index contributed by atoms with van der Waals surface area (Å²) >= 11 is 0. The quantitative estimate of drug-likeness (QED) is 0.154. The Morgan fingerprint density at radius 3 is 2.38 bits per heavy atom. The van der Waals surface area contributed by atoms with E-state index < -0.39 is 7.82 Å². The van der Waals surface area contributed by atoms with Gasteiger partial charge in [-0.1, -0.05) is 45.8 Å². The van der Waals surface area contributed by atoms with Crippen LogP contribution in [0.2, 0.25) is 0 Å². The van der Waals surface area contributed by atoms with E-state index in [9.17, 15) is 14.3 Å². The fourth-order valence-electron chi connectivity index (χ4n) is 2.65. The molecule has 0 heterocycles. The third-order valence-corrected chi connectivity index (χ3v) is 5.24. The van der Waals surface area contributed by atoms with Crippen LogP contribution < -0.4 is 5.32 Å². The Morgan fingerprint density at radius 2 is 1.79 bits per heavy atom. The van der Waals surface area contributed by atoms with Gasteiger partial charge < -0.3 is 14.7 Å². The van der Waals surface area contributed by atoms with Gasteiger partial charge in [-0.05, 0) is 31.6 Å². The molecule has 0 aromatic carbocycles. The Morgan fingerprint density at radius 1 is 1.14 bits per heavy atom. The second-order valence-corrected chi connectivity index (χ2v) is 10.5. The lowest BCUT2D eigenvalue weighted by molar-refractivity contribution is -0.870. The van der Waals surface area contributed by atoms with E-state index in [2.05, 4.69) is 18.3 Å². The van der Waals surface area contributed by atoms with Crippen LogP contribution in [0.3, 0.4) is 0 Å². The number of rotatable bonds is 17. The molecular formula is C21H44N2O5P+. The molecule has 1 unspecified atom stereocenters. The molecule has 0 fully saturated rings. The maximum Gasteiger partial charge on any atom is 0.472 e. The van der Waals surface area contributed by atoms with E-state index in [1.165, 1.54) is 19.3 Å². The lowest BCUT2D eigenvalue weighted by Gasteiger charge is -2.25. The maximum absolute atomic E-state index is 12.2. The van der Waals surface area contributed by atoms with Crippen LogP contribution in [0.5, 0.6) is 0 Å². The van der Waals surface area contributed by atoms with Gasteiger partial charge in [0.15, 0.2) is 0 Å². The minimum absolute atomic E-state index is 0.0467. The van der Waals surface area contributed by atoms with Gasteiger partial charge in [0.25, 0.3) is 0 Å². The van der Waals surface area contributed by atoms with Crippen molar-refractivity contribution >= 4 is 13.7 Å². The summed E-state index contributed by atoms with van der Waals surface area (Å²) in [6, 6.07) is -0.321. The molecule has 0 saturated heterocycles. The number of carbonyl (C=O) groups excluding carboxylic acids is 1. The number of hydrogen-bond donors (Lipinski definition) is 2. The highest BCUT2D eigenvalue weighted by Crippen LogP contribution is 2.43. The SMILES string of the molecule is CCCCC/C=C\CCC(=O)N[C@@H](COP(=O)(O)OCC[N+](C)(C)C)CC(C)C. The summed E-state index contributed by atoms with van der Waals surface area (Å²) in [4.78, 5) is 22.1. The van der Waals surface area contributed by atoms with Crippen LogP contribution in [0.25, 0.3) is 0 Å². The molecule has 1 amide bonds. The number of nitrogens with one attached hydrogen (secondary N) is 1. The van der Waals surface area contributed by atoms with Gasteiger partial charge in [0.2, 0.25) is 5.91 Å². The van der Waals surface area contributed by atoms with Gasteiger partial charge in [-0.3, -0.25) is 13.8 Å². The van der Waals surface area contributed by atoms with Crippen molar-refractivity contribution in [2.24, 2.45) is 5.92 Å². The predicted molar refractivity (Wildman–Crippen MR) is 119 cm³/mol. The zero-order valence-electron chi connectivity index (χ0n) is 19.4. The maximum atomic E-state index is 12.2. The van der Waals surface area contributed by atoms with E-state index in [1.807, 2.05) is 41.1 Å². The smallest absolute Gasteiger partial charge is 0.351 e. The molecule has 0 aromatic rings. The van der Waals surface area contributed by atoms with Crippen molar-refractivity contribution in [3.63, 3.8) is 0 Å². The largest absolute Gasteiger partial charge is 0.472 e. The van der Waals surface area contributed by atoms with Gasteiger partial charge in [-0.2, -0.15) is 0 Å². The minimum atomic E-state index is -4.13. The molecule has 8 heteroatoms. The molecule has 0 spiro atoms. The monoisotopic (exact) mass is 435 g/mol. The van der Waals surface area contributed by atoms with Gasteiger partial charge in [0.05, 0.1) is 33.8 Å². The summed E-state index contributed by atoms with van der Waals surface area (Å²) in [5, 5.41) is 2.92. The van der Waals surface area contributed by atoms with E-state index in [0.717, 1.165) is 6.42 Å². The molecule has 0 bridgehead atoms. The van der Waals surface area contributed by atoms with Crippen LogP contribution in [-0.4, -0.2) is 62.2 Å². The fourth-order valence-corrected chi connectivity index (χ4v) is 3.41. The van der Waals surface area contributed by atoms with Gasteiger partial charge in [0, 0.05) is 6.42 Å². The summed E-state index contributed by atoms with van der Waals surface area (Å²) in [6.45, 7) is 6.92. The lowest BCUT2D eigenvalue weighted by atomic mass is 10.0. The number of amides is 1. The van der Waals surface area contributed by atoms with Gasteiger partial charge in [-0.15, -0.1) is 0 Å². The summed E-state index contributed by atoms with van der Waals surface area (Å²) < 4.78 is 22.9. The zero-order chi connectivity index (χ0) is 22.3. The predicted octanol–water partition coefficient (Wildman–Crippen LogP) is 4.27. The number of carbonyl (C=O) groups is 1. The number of allylic oxidation sites excluding steroid dienone is 2. The number of phosphoric ester groups is 1. The summed E-state index contributed by atoms with van der Waals surface area (Å²) in [5.41, 5.74) is 0. The summed E-state index contributed by atoms with van der Waals surface area (Å²) in [6.07, 6.45) is 10.6. The number of unbranched alkanes of at least 4 members (excludes halogenated alkanes) is 3. The molecule has 2 N–H and O–H groups in total. The summed E-state index contributed by atoms with van der Waals surface area (Å²) in [5.74, 6) is 0.246. The van der Waals surface area contributed by atoms with Crippen molar-refractivity contribution in [3.05, 3.63) is 12.2 Å². The van der Waals surface area contributed by atoms with E-state index in [0.29, 0.717) is 36.2 Å². The Bertz CT molecular complexity index is 518. The van der Waals surface area contributed by atoms with Crippen molar-refractivity contribution in [2.45, 2.75) is 71.8 Å². The fraction of sp³-hybridized carbons (Fsp3) is 0.857. The molecule has 0 saturated carbocycles. The van der Waals surface area contributed by atoms with Gasteiger partial charge in [-0.25, -0.2) is 4.57 Å². The number of likely N-dealkylation sites (N-methyl/N-ethyl adjacent to an activating group) is 1. The molecule has 2 atom stereocenters. The lowest BCUT2D eigenvalue weighted by Crippen LogP contribution is -2.39. The highest BCUT2D eigenvalue weighted by molar-refractivity contribution is 7.47. The average Bonchev–Trinajstić information content (AvgIpc) is 2.57. The van der Waals surface area contributed by atoms with Crippen LogP contribution in [0.4, 0.5) is 0 Å². The van der Waals surface area contributed by atoms with E-state index in [1.54, 1.807) is 0 Å². The van der Waals surface area contributed by atoms with Crippen molar-refractivity contribution in [3.8, 4) is 0 Å². The highest BCUT2D eigenvalue weighted by Gasteiger charge is 2.25. The number of nitrogens with zero attached hydrogens (tertiary/aromatic N) is 1. The molecular weight excluding hydrogens is 391 g/mol. The van der Waals surface area contributed by atoms with Crippen molar-refractivity contribution < 1.29 is 27.8 Å². The van der Waals surface area contributed by atoms with Crippen molar-refractivity contribution in [1.29, 1.82) is 0 Å². The summed E-state index contributed by atoms with van der Waals surface area (Å²) in [7, 11) is 1.79. The molecule has 29 heavy (non-hydrogen) atoms. The number of quaternary nitrogens is 1. The minimum Gasteiger partial charge on any atom is -0.351 e. The van der Waals surface area contributed by atoms with E-state index in [4.69, 9.17) is 9.05 Å². The Labute approximate surface area is 178 Å². The first-order valence-corrected chi connectivity index (χ1v) is 12.3. The third-order valence-electron chi connectivity index (χ3n) is 4.26. The first kappa shape index (κ1) is 28.3. The van der Waals surface area contributed by atoms with Crippen LogP contribution in [0.1, 0.15) is 65.7 Å². The molecule has 172 valence electrons. The number of phosphoric acid groups is 1. The van der Waals surface area contributed by atoms with Crippen LogP contribution >= 0.6 is 7.82 Å². The molecule has 0 aliphatic carbocycles.